The number of nitrogens with zero attached hydrogens (tertiary/aromatic N) is 3. The van der Waals surface area contributed by atoms with Crippen LogP contribution in [-0.4, -0.2) is 47.5 Å². The van der Waals surface area contributed by atoms with Gasteiger partial charge in [0.05, 0.1) is 6.61 Å². The van der Waals surface area contributed by atoms with E-state index in [1.807, 2.05) is 24.0 Å². The van der Waals surface area contributed by atoms with Crippen molar-refractivity contribution in [1.82, 2.24) is 20.6 Å². The average molecular weight is 474 g/mol. The molecule has 1 atom stereocenters. The van der Waals surface area contributed by atoms with E-state index in [0.29, 0.717) is 25.5 Å². The van der Waals surface area contributed by atoms with Gasteiger partial charge in [-0.15, -0.1) is 0 Å². The molecule has 0 spiro atoms. The number of carbonyl (C=O) groups excluding carboxylic acids is 2. The number of amides is 2. The number of rotatable bonds is 5. The van der Waals surface area contributed by atoms with Crippen LogP contribution in [0.25, 0.3) is 0 Å². The van der Waals surface area contributed by atoms with Gasteiger partial charge in [-0.05, 0) is 56.4 Å². The lowest BCUT2D eigenvalue weighted by atomic mass is 10.1. The number of hydrogen-bond acceptors (Lipinski definition) is 6. The van der Waals surface area contributed by atoms with Crippen molar-refractivity contribution in [1.29, 1.82) is 0 Å². The lowest BCUT2D eigenvalue weighted by molar-refractivity contribution is -0.122. The summed E-state index contributed by atoms with van der Waals surface area (Å²) in [6.45, 7) is 3.60. The molecule has 0 bridgehead atoms. The molecule has 1 aromatic carbocycles. The molecule has 4 rings (SSSR count). The number of anilines is 2. The highest BCUT2D eigenvalue weighted by Crippen LogP contribution is 2.35. The first-order chi connectivity index (χ1) is 14.6. The molecule has 2 aliphatic heterocycles. The Hall–Kier alpha value is -2.68. The molecule has 1 unspecified atom stereocenters. The molecule has 1 fully saturated rings. The number of benzene rings is 1. The minimum atomic E-state index is -0.557. The third-order valence-electron chi connectivity index (χ3n) is 5.29. The van der Waals surface area contributed by atoms with Crippen LogP contribution in [0.2, 0.25) is 0 Å². The molecule has 0 saturated carbocycles. The van der Waals surface area contributed by atoms with Crippen molar-refractivity contribution in [2.24, 2.45) is 0 Å². The summed E-state index contributed by atoms with van der Waals surface area (Å²) in [5.41, 5.74) is 2.49. The zero-order chi connectivity index (χ0) is 21.1. The Labute approximate surface area is 183 Å². The van der Waals surface area contributed by atoms with E-state index in [9.17, 15) is 9.59 Å². The predicted octanol–water partition coefficient (Wildman–Crippen LogP) is 2.73. The third-order valence-corrected chi connectivity index (χ3v) is 5.78. The number of carbonyl (C=O) groups is 2. The van der Waals surface area contributed by atoms with Crippen LogP contribution in [0.1, 0.15) is 42.1 Å². The smallest absolute Gasteiger partial charge is 0.259 e. The molecule has 8 nitrogen and oxygen atoms in total. The molecule has 1 saturated heterocycles. The minimum absolute atomic E-state index is 0.156. The molecular weight excluding hydrogens is 450 g/mol. The molecule has 2 aliphatic rings. The first kappa shape index (κ1) is 20.6. The number of aromatic nitrogens is 2. The van der Waals surface area contributed by atoms with E-state index in [2.05, 4.69) is 42.6 Å². The van der Waals surface area contributed by atoms with Crippen molar-refractivity contribution in [3.8, 4) is 5.88 Å². The first-order valence-electron chi connectivity index (χ1n) is 10.2. The zero-order valence-corrected chi connectivity index (χ0v) is 18.4. The molecule has 158 valence electrons. The number of hydrogen-bond donors (Lipinski definition) is 2. The van der Waals surface area contributed by atoms with E-state index in [1.54, 1.807) is 0 Å². The zero-order valence-electron chi connectivity index (χ0n) is 16.8. The van der Waals surface area contributed by atoms with Gasteiger partial charge in [-0.3, -0.25) is 9.59 Å². The summed E-state index contributed by atoms with van der Waals surface area (Å²) >= 11 is 3.51. The van der Waals surface area contributed by atoms with Crippen LogP contribution < -0.4 is 20.3 Å². The Bertz CT molecular complexity index is 968. The van der Waals surface area contributed by atoms with Crippen LogP contribution in [0.5, 0.6) is 5.88 Å². The van der Waals surface area contributed by atoms with Gasteiger partial charge in [0.1, 0.15) is 11.6 Å². The number of fused-ring (bicyclic) bond motifs is 1. The SMILES string of the molecule is CCOc1nc(N2CCc3cc(Br)ccc32)ncc1C(=O)NC1CCCCNC1=O. The Kier molecular flexibility index (Phi) is 6.17. The maximum atomic E-state index is 12.9. The summed E-state index contributed by atoms with van der Waals surface area (Å²) in [5.74, 6) is 0.150. The van der Waals surface area contributed by atoms with Crippen molar-refractivity contribution in [2.75, 3.05) is 24.6 Å². The predicted molar refractivity (Wildman–Crippen MR) is 116 cm³/mol. The van der Waals surface area contributed by atoms with Crippen LogP contribution in [0.4, 0.5) is 11.6 Å². The quantitative estimate of drug-likeness (QED) is 0.692. The molecule has 0 radical (unpaired) electrons. The highest BCUT2D eigenvalue weighted by atomic mass is 79.9. The molecule has 0 aliphatic carbocycles. The van der Waals surface area contributed by atoms with E-state index in [-0.39, 0.29) is 17.4 Å². The van der Waals surface area contributed by atoms with Gasteiger partial charge in [0.15, 0.2) is 0 Å². The fraction of sp³-hybridized carbons (Fsp3) is 0.429. The molecule has 2 N–H and O–H groups in total. The van der Waals surface area contributed by atoms with E-state index >= 15 is 0 Å². The van der Waals surface area contributed by atoms with Gasteiger partial charge in [0.2, 0.25) is 17.7 Å². The second-order valence-electron chi connectivity index (χ2n) is 7.31. The largest absolute Gasteiger partial charge is 0.477 e. The molecule has 9 heteroatoms. The van der Waals surface area contributed by atoms with Gasteiger partial charge >= 0.3 is 0 Å². The van der Waals surface area contributed by atoms with E-state index in [0.717, 1.165) is 36.0 Å². The Morgan fingerprint density at radius 1 is 1.40 bits per heavy atom. The van der Waals surface area contributed by atoms with Gasteiger partial charge < -0.3 is 20.3 Å². The molecule has 3 heterocycles. The van der Waals surface area contributed by atoms with Crippen LogP contribution in [-0.2, 0) is 11.2 Å². The summed E-state index contributed by atoms with van der Waals surface area (Å²) < 4.78 is 6.70. The summed E-state index contributed by atoms with van der Waals surface area (Å²) in [7, 11) is 0. The molecular formula is C21H24BrN5O3. The van der Waals surface area contributed by atoms with Gasteiger partial charge in [-0.2, -0.15) is 4.98 Å². The van der Waals surface area contributed by atoms with Crippen LogP contribution in [0.3, 0.4) is 0 Å². The van der Waals surface area contributed by atoms with Crippen molar-refractivity contribution < 1.29 is 14.3 Å². The molecule has 1 aromatic heterocycles. The normalized spacial score (nSPS) is 18.4. The minimum Gasteiger partial charge on any atom is -0.477 e. The topological polar surface area (TPSA) is 96.4 Å². The van der Waals surface area contributed by atoms with E-state index in [1.165, 1.54) is 11.8 Å². The molecule has 2 aromatic rings. The van der Waals surface area contributed by atoms with Crippen molar-refractivity contribution >= 4 is 39.4 Å². The number of halogens is 1. The fourth-order valence-electron chi connectivity index (χ4n) is 3.78. The molecule has 30 heavy (non-hydrogen) atoms. The summed E-state index contributed by atoms with van der Waals surface area (Å²) in [6.07, 6.45) is 4.77. The van der Waals surface area contributed by atoms with Crippen LogP contribution in [0, 0.1) is 0 Å². The molecule has 2 amide bonds. The van der Waals surface area contributed by atoms with Gasteiger partial charge in [-0.1, -0.05) is 15.9 Å². The van der Waals surface area contributed by atoms with E-state index < -0.39 is 11.9 Å². The first-order valence-corrected chi connectivity index (χ1v) is 11.0. The van der Waals surface area contributed by atoms with Crippen LogP contribution >= 0.6 is 15.9 Å². The average Bonchev–Trinajstić information content (AvgIpc) is 3.04. The number of nitrogens with one attached hydrogen (secondary N) is 2. The van der Waals surface area contributed by atoms with Gasteiger partial charge in [-0.25, -0.2) is 4.98 Å². The lowest BCUT2D eigenvalue weighted by Crippen LogP contribution is -2.45. The number of ether oxygens (including phenoxy) is 1. The third kappa shape index (κ3) is 4.26. The van der Waals surface area contributed by atoms with Crippen molar-refractivity contribution in [2.45, 2.75) is 38.6 Å². The lowest BCUT2D eigenvalue weighted by Gasteiger charge is -2.20. The fourth-order valence-corrected chi connectivity index (χ4v) is 4.19. The second-order valence-corrected chi connectivity index (χ2v) is 8.23. The van der Waals surface area contributed by atoms with Gasteiger partial charge in [0.25, 0.3) is 5.91 Å². The second kappa shape index (κ2) is 8.99. The maximum absolute atomic E-state index is 12.9. The Morgan fingerprint density at radius 2 is 2.27 bits per heavy atom. The summed E-state index contributed by atoms with van der Waals surface area (Å²) in [6, 6.07) is 5.55. The summed E-state index contributed by atoms with van der Waals surface area (Å²) in [4.78, 5) is 36.0. The van der Waals surface area contributed by atoms with E-state index in [4.69, 9.17) is 4.74 Å². The van der Waals surface area contributed by atoms with Crippen molar-refractivity contribution in [3.05, 3.63) is 40.0 Å². The van der Waals surface area contributed by atoms with Gasteiger partial charge in [0, 0.05) is 29.4 Å². The Morgan fingerprint density at radius 3 is 3.10 bits per heavy atom. The Balaban J connectivity index is 1.58. The monoisotopic (exact) mass is 473 g/mol. The maximum Gasteiger partial charge on any atom is 0.259 e. The van der Waals surface area contributed by atoms with Crippen LogP contribution in [0.15, 0.2) is 28.9 Å². The van der Waals surface area contributed by atoms with Crippen molar-refractivity contribution in [3.63, 3.8) is 0 Å². The summed E-state index contributed by atoms with van der Waals surface area (Å²) in [5, 5.41) is 5.63. The highest BCUT2D eigenvalue weighted by Gasteiger charge is 2.27. The standard InChI is InChI=1S/C21H24BrN5O3/c1-2-30-20-15(18(28)25-16-5-3-4-9-23-19(16)29)12-24-21(26-20)27-10-8-13-11-14(22)6-7-17(13)27/h6-7,11-12,16H,2-5,8-10H2,1H3,(H,23,29)(H,25,28). The highest BCUT2D eigenvalue weighted by molar-refractivity contribution is 9.10.